The Bertz CT molecular complexity index is 1080. The lowest BCUT2D eigenvalue weighted by Gasteiger charge is -2.38. The number of likely N-dealkylation sites (tertiary alicyclic amines) is 1. The number of carbonyl (C=O) groups excluding carboxylic acids is 2. The quantitative estimate of drug-likeness (QED) is 0.653. The molecule has 154 valence electrons. The largest absolute Gasteiger partial charge is 0.481 e. The molecule has 1 N–H and O–H groups in total. The molecule has 1 fully saturated rings. The molecule has 1 aliphatic rings. The molecule has 2 amide bonds. The number of halogens is 1. The normalized spacial score (nSPS) is 13.6. The number of thiazole rings is 1. The summed E-state index contributed by atoms with van der Waals surface area (Å²) in [6.07, 6.45) is 0. The van der Waals surface area contributed by atoms with Gasteiger partial charge in [-0.2, -0.15) is 0 Å². The fourth-order valence-electron chi connectivity index (χ4n) is 3.14. The average Bonchev–Trinajstić information content (AvgIpc) is 3.13. The van der Waals surface area contributed by atoms with E-state index >= 15 is 0 Å². The Morgan fingerprint density at radius 1 is 1.23 bits per heavy atom. The summed E-state index contributed by atoms with van der Waals surface area (Å²) in [6, 6.07) is 13.5. The van der Waals surface area contributed by atoms with Crippen LogP contribution in [0.3, 0.4) is 0 Å². The summed E-state index contributed by atoms with van der Waals surface area (Å²) in [4.78, 5) is 30.7. The summed E-state index contributed by atoms with van der Waals surface area (Å²) < 4.78 is 18.8. The number of para-hydroxylation sites is 1. The highest BCUT2D eigenvalue weighted by Crippen LogP contribution is 2.25. The van der Waals surface area contributed by atoms with Gasteiger partial charge in [-0.05, 0) is 31.2 Å². The van der Waals surface area contributed by atoms with Crippen molar-refractivity contribution in [2.45, 2.75) is 6.92 Å². The first-order valence-electron chi connectivity index (χ1n) is 9.48. The van der Waals surface area contributed by atoms with Crippen molar-refractivity contribution in [2.24, 2.45) is 5.92 Å². The van der Waals surface area contributed by atoms with Gasteiger partial charge in [0.1, 0.15) is 0 Å². The molecule has 4 rings (SSSR count). The Hall–Kier alpha value is -3.26. The van der Waals surface area contributed by atoms with Gasteiger partial charge in [0.25, 0.3) is 5.91 Å². The predicted octanol–water partition coefficient (Wildman–Crippen LogP) is 3.73. The third-order valence-corrected chi connectivity index (χ3v) is 5.61. The highest BCUT2D eigenvalue weighted by Gasteiger charge is 2.35. The lowest BCUT2D eigenvalue weighted by Crippen LogP contribution is -2.55. The van der Waals surface area contributed by atoms with Gasteiger partial charge in [0.2, 0.25) is 5.91 Å². The van der Waals surface area contributed by atoms with Crippen molar-refractivity contribution < 1.29 is 18.7 Å². The first-order chi connectivity index (χ1) is 14.5. The van der Waals surface area contributed by atoms with E-state index in [1.165, 1.54) is 17.0 Å². The second-order valence-corrected chi connectivity index (χ2v) is 8.10. The maximum Gasteiger partial charge on any atom is 0.260 e. The zero-order valence-corrected chi connectivity index (χ0v) is 17.1. The predicted molar refractivity (Wildman–Crippen MR) is 113 cm³/mol. The molecule has 30 heavy (non-hydrogen) atoms. The van der Waals surface area contributed by atoms with Crippen LogP contribution in [-0.4, -0.2) is 41.4 Å². The number of nitrogens with one attached hydrogen (secondary N) is 1. The molecule has 2 heterocycles. The number of aromatic nitrogens is 1. The first-order valence-corrected chi connectivity index (χ1v) is 10.4. The lowest BCUT2D eigenvalue weighted by molar-refractivity contribution is -0.143. The van der Waals surface area contributed by atoms with E-state index in [9.17, 15) is 14.0 Å². The Balaban J connectivity index is 1.27. The van der Waals surface area contributed by atoms with Crippen LogP contribution >= 0.6 is 11.3 Å². The standard InChI is InChI=1S/C22H20FN3O3S/c1-14-24-19(13-30-14)15-5-4-6-17(9-15)25-22(28)16-10-26(11-16)21(27)12-29-20-8-3-2-7-18(20)23/h2-9,13,16H,10-12H2,1H3,(H,25,28). The number of nitrogens with zero attached hydrogens (tertiary/aromatic N) is 2. The number of amides is 2. The smallest absolute Gasteiger partial charge is 0.260 e. The van der Waals surface area contributed by atoms with E-state index in [-0.39, 0.29) is 30.1 Å². The van der Waals surface area contributed by atoms with Gasteiger partial charge in [-0.25, -0.2) is 9.37 Å². The number of ether oxygens (including phenoxy) is 1. The third-order valence-electron chi connectivity index (χ3n) is 4.84. The Kier molecular flexibility index (Phi) is 5.76. The number of aryl methyl sites for hydroxylation is 1. The topological polar surface area (TPSA) is 71.5 Å². The zero-order valence-electron chi connectivity index (χ0n) is 16.3. The molecule has 1 aliphatic heterocycles. The molecule has 0 saturated carbocycles. The van der Waals surface area contributed by atoms with E-state index in [4.69, 9.17) is 4.74 Å². The maximum atomic E-state index is 13.5. The fraction of sp³-hybridized carbons (Fsp3) is 0.227. The maximum absolute atomic E-state index is 13.5. The van der Waals surface area contributed by atoms with Crippen molar-refractivity contribution in [1.82, 2.24) is 9.88 Å². The summed E-state index contributed by atoms with van der Waals surface area (Å²) in [6.45, 7) is 2.32. The van der Waals surface area contributed by atoms with Crippen molar-refractivity contribution >= 4 is 28.8 Å². The van der Waals surface area contributed by atoms with E-state index in [1.807, 2.05) is 36.6 Å². The van der Waals surface area contributed by atoms with Crippen molar-refractivity contribution in [3.63, 3.8) is 0 Å². The van der Waals surface area contributed by atoms with Crippen LogP contribution in [0.2, 0.25) is 0 Å². The second kappa shape index (κ2) is 8.62. The van der Waals surface area contributed by atoms with Gasteiger partial charge >= 0.3 is 0 Å². The van der Waals surface area contributed by atoms with Gasteiger partial charge in [-0.1, -0.05) is 24.3 Å². The summed E-state index contributed by atoms with van der Waals surface area (Å²) in [7, 11) is 0. The molecule has 8 heteroatoms. The number of hydrogen-bond donors (Lipinski definition) is 1. The van der Waals surface area contributed by atoms with Crippen LogP contribution in [0.25, 0.3) is 11.3 Å². The van der Waals surface area contributed by atoms with E-state index in [0.29, 0.717) is 18.8 Å². The van der Waals surface area contributed by atoms with Crippen LogP contribution in [0.15, 0.2) is 53.9 Å². The molecule has 3 aromatic rings. The van der Waals surface area contributed by atoms with Gasteiger partial charge < -0.3 is 15.0 Å². The molecule has 1 saturated heterocycles. The van der Waals surface area contributed by atoms with Crippen LogP contribution < -0.4 is 10.1 Å². The van der Waals surface area contributed by atoms with Gasteiger partial charge in [0, 0.05) is 29.7 Å². The van der Waals surface area contributed by atoms with Crippen LogP contribution in [0.4, 0.5) is 10.1 Å². The van der Waals surface area contributed by atoms with Gasteiger partial charge in [-0.15, -0.1) is 11.3 Å². The molecule has 0 aliphatic carbocycles. The molecule has 0 radical (unpaired) electrons. The molecule has 0 spiro atoms. The molecule has 0 bridgehead atoms. The lowest BCUT2D eigenvalue weighted by atomic mass is 9.99. The minimum absolute atomic E-state index is 0.0378. The number of carbonyl (C=O) groups is 2. The van der Waals surface area contributed by atoms with Crippen LogP contribution in [0, 0.1) is 18.7 Å². The summed E-state index contributed by atoms with van der Waals surface area (Å²) in [5.41, 5.74) is 2.51. The Morgan fingerprint density at radius 3 is 2.77 bits per heavy atom. The van der Waals surface area contributed by atoms with E-state index in [0.717, 1.165) is 16.3 Å². The minimum atomic E-state index is -0.513. The molecule has 6 nitrogen and oxygen atoms in total. The molecule has 0 unspecified atom stereocenters. The van der Waals surface area contributed by atoms with Crippen LogP contribution in [0.1, 0.15) is 5.01 Å². The number of rotatable bonds is 6. The monoisotopic (exact) mass is 425 g/mol. The van der Waals surface area contributed by atoms with E-state index in [1.54, 1.807) is 23.5 Å². The highest BCUT2D eigenvalue weighted by molar-refractivity contribution is 7.09. The van der Waals surface area contributed by atoms with Gasteiger partial charge in [-0.3, -0.25) is 9.59 Å². The van der Waals surface area contributed by atoms with Crippen molar-refractivity contribution in [3.05, 3.63) is 64.7 Å². The molecule has 1 aromatic heterocycles. The molecule has 2 aromatic carbocycles. The zero-order chi connectivity index (χ0) is 21.1. The third kappa shape index (κ3) is 4.49. The van der Waals surface area contributed by atoms with Crippen molar-refractivity contribution in [3.8, 4) is 17.0 Å². The van der Waals surface area contributed by atoms with Crippen LogP contribution in [0.5, 0.6) is 5.75 Å². The Morgan fingerprint density at radius 2 is 2.03 bits per heavy atom. The Labute approximate surface area is 177 Å². The van der Waals surface area contributed by atoms with E-state index in [2.05, 4.69) is 10.3 Å². The second-order valence-electron chi connectivity index (χ2n) is 7.04. The summed E-state index contributed by atoms with van der Waals surface area (Å²) in [5, 5.41) is 5.87. The summed E-state index contributed by atoms with van der Waals surface area (Å²) in [5.74, 6) is -1.17. The molecule has 0 atom stereocenters. The first kappa shape index (κ1) is 20.0. The number of benzene rings is 2. The number of hydrogen-bond acceptors (Lipinski definition) is 5. The number of anilines is 1. The highest BCUT2D eigenvalue weighted by atomic mass is 32.1. The van der Waals surface area contributed by atoms with Crippen LogP contribution in [-0.2, 0) is 9.59 Å². The van der Waals surface area contributed by atoms with Gasteiger partial charge in [0.05, 0.1) is 16.6 Å². The average molecular weight is 425 g/mol. The van der Waals surface area contributed by atoms with E-state index < -0.39 is 5.82 Å². The van der Waals surface area contributed by atoms with Crippen molar-refractivity contribution in [2.75, 3.05) is 25.0 Å². The minimum Gasteiger partial charge on any atom is -0.481 e. The summed E-state index contributed by atoms with van der Waals surface area (Å²) >= 11 is 1.58. The molecular formula is C22H20FN3O3S. The fourth-order valence-corrected chi connectivity index (χ4v) is 3.76. The van der Waals surface area contributed by atoms with Gasteiger partial charge in [0.15, 0.2) is 18.2 Å². The SMILES string of the molecule is Cc1nc(-c2cccc(NC(=O)C3CN(C(=O)COc4ccccc4F)C3)c2)cs1. The van der Waals surface area contributed by atoms with Crippen molar-refractivity contribution in [1.29, 1.82) is 0 Å². The molecular weight excluding hydrogens is 405 g/mol.